The van der Waals surface area contributed by atoms with Crippen molar-refractivity contribution in [3.05, 3.63) is 22.7 Å². The molecular weight excluding hydrogens is 253 g/mol. The molecule has 0 aliphatic carbocycles. The van der Waals surface area contributed by atoms with Gasteiger partial charge in [0.15, 0.2) is 0 Å². The number of benzene rings is 1. The van der Waals surface area contributed by atoms with E-state index in [9.17, 15) is 4.39 Å². The zero-order chi connectivity index (χ0) is 9.68. The van der Waals surface area contributed by atoms with Crippen molar-refractivity contribution in [2.75, 3.05) is 18.2 Å². The molecule has 0 unspecified atom stereocenters. The molecule has 0 saturated heterocycles. The lowest BCUT2D eigenvalue weighted by atomic mass is 10.3. The molecule has 1 nitrogen and oxygen atoms in total. The number of alkyl halides is 1. The summed E-state index contributed by atoms with van der Waals surface area (Å²) in [4.78, 5) is 1.02. The molecule has 1 aromatic carbocycles. The summed E-state index contributed by atoms with van der Waals surface area (Å²) in [6, 6.07) is 5.70. The second-order valence-electron chi connectivity index (χ2n) is 2.57. The summed E-state index contributed by atoms with van der Waals surface area (Å²) in [6.45, 7) is -0.263. The normalized spacial score (nSPS) is 10.3. The van der Waals surface area contributed by atoms with Gasteiger partial charge in [-0.05, 0) is 24.6 Å². The minimum Gasteiger partial charge on any atom is -0.398 e. The number of halogens is 2. The Bertz CT molecular complexity index is 280. The van der Waals surface area contributed by atoms with Gasteiger partial charge in [0.1, 0.15) is 0 Å². The Kier molecular flexibility index (Phi) is 4.59. The summed E-state index contributed by atoms with van der Waals surface area (Å²) in [5.74, 6) is 0.775. The third-order valence-electron chi connectivity index (χ3n) is 1.51. The van der Waals surface area contributed by atoms with Gasteiger partial charge in [-0.1, -0.05) is 15.9 Å². The number of hydrogen-bond donors (Lipinski definition) is 1. The lowest BCUT2D eigenvalue weighted by molar-refractivity contribution is 0.489. The average molecular weight is 264 g/mol. The topological polar surface area (TPSA) is 26.0 Å². The predicted octanol–water partition coefficient (Wildman–Crippen LogP) is 3.48. The lowest BCUT2D eigenvalue weighted by Crippen LogP contribution is -1.89. The Labute approximate surface area is 90.0 Å². The van der Waals surface area contributed by atoms with Crippen LogP contribution in [0.2, 0.25) is 0 Å². The molecular formula is C9H11BrFNS. The van der Waals surface area contributed by atoms with E-state index in [0.29, 0.717) is 6.42 Å². The van der Waals surface area contributed by atoms with Gasteiger partial charge in [-0.3, -0.25) is 4.39 Å². The van der Waals surface area contributed by atoms with Crippen LogP contribution in [-0.4, -0.2) is 12.4 Å². The Morgan fingerprint density at radius 3 is 2.92 bits per heavy atom. The van der Waals surface area contributed by atoms with Gasteiger partial charge < -0.3 is 5.73 Å². The van der Waals surface area contributed by atoms with Crippen LogP contribution in [0.15, 0.2) is 27.6 Å². The molecule has 0 spiro atoms. The first kappa shape index (κ1) is 10.9. The Hall–Kier alpha value is -0.220. The summed E-state index contributed by atoms with van der Waals surface area (Å²) in [7, 11) is 0. The average Bonchev–Trinajstić information content (AvgIpc) is 2.11. The molecule has 0 amide bonds. The molecule has 0 saturated carbocycles. The first-order chi connectivity index (χ1) is 6.24. The largest absolute Gasteiger partial charge is 0.398 e. The van der Waals surface area contributed by atoms with Gasteiger partial charge >= 0.3 is 0 Å². The van der Waals surface area contributed by atoms with Gasteiger partial charge in [-0.25, -0.2) is 0 Å². The van der Waals surface area contributed by atoms with Crippen LogP contribution in [0.25, 0.3) is 0 Å². The molecule has 0 atom stereocenters. The Balaban J connectivity index is 2.59. The van der Waals surface area contributed by atoms with E-state index < -0.39 is 0 Å². The molecule has 4 heteroatoms. The minimum absolute atomic E-state index is 0.263. The van der Waals surface area contributed by atoms with Crippen molar-refractivity contribution in [3.63, 3.8) is 0 Å². The summed E-state index contributed by atoms with van der Waals surface area (Å²) < 4.78 is 12.8. The van der Waals surface area contributed by atoms with E-state index in [1.807, 2.05) is 18.2 Å². The van der Waals surface area contributed by atoms with Crippen LogP contribution in [-0.2, 0) is 0 Å². The fourth-order valence-electron chi connectivity index (χ4n) is 0.870. The molecule has 1 aromatic rings. The minimum atomic E-state index is -0.263. The molecule has 0 aliphatic rings. The molecule has 0 bridgehead atoms. The number of nitrogens with two attached hydrogens (primary N) is 1. The van der Waals surface area contributed by atoms with Crippen molar-refractivity contribution in [2.24, 2.45) is 0 Å². The van der Waals surface area contributed by atoms with Crippen molar-refractivity contribution in [1.29, 1.82) is 0 Å². The van der Waals surface area contributed by atoms with Crippen LogP contribution in [0.5, 0.6) is 0 Å². The van der Waals surface area contributed by atoms with Crippen molar-refractivity contribution in [3.8, 4) is 0 Å². The summed E-state index contributed by atoms with van der Waals surface area (Å²) >= 11 is 4.95. The van der Waals surface area contributed by atoms with Gasteiger partial charge in [0.2, 0.25) is 0 Å². The summed E-state index contributed by atoms with van der Waals surface area (Å²) in [5, 5.41) is 0. The van der Waals surface area contributed by atoms with E-state index >= 15 is 0 Å². The van der Waals surface area contributed by atoms with Crippen LogP contribution in [0, 0.1) is 0 Å². The van der Waals surface area contributed by atoms with E-state index in [1.54, 1.807) is 11.8 Å². The van der Waals surface area contributed by atoms with Crippen LogP contribution < -0.4 is 5.73 Å². The first-order valence-corrected chi connectivity index (χ1v) is 5.75. The molecule has 1 rings (SSSR count). The second kappa shape index (κ2) is 5.50. The Morgan fingerprint density at radius 1 is 1.46 bits per heavy atom. The van der Waals surface area contributed by atoms with Crippen molar-refractivity contribution in [2.45, 2.75) is 11.3 Å². The van der Waals surface area contributed by atoms with Crippen LogP contribution >= 0.6 is 27.7 Å². The van der Waals surface area contributed by atoms with Gasteiger partial charge in [-0.15, -0.1) is 11.8 Å². The van der Waals surface area contributed by atoms with Gasteiger partial charge in [-0.2, -0.15) is 0 Å². The molecule has 0 aliphatic heterocycles. The fourth-order valence-corrected chi connectivity index (χ4v) is 2.30. The highest BCUT2D eigenvalue weighted by molar-refractivity contribution is 9.10. The maximum Gasteiger partial charge on any atom is 0.0902 e. The fraction of sp³-hybridized carbons (Fsp3) is 0.333. The zero-order valence-electron chi connectivity index (χ0n) is 7.09. The maximum atomic E-state index is 11.8. The molecule has 0 radical (unpaired) electrons. The SMILES string of the molecule is Nc1ccc(Br)cc1SCCCF. The van der Waals surface area contributed by atoms with Gasteiger partial charge in [0.05, 0.1) is 6.67 Å². The summed E-state index contributed by atoms with van der Waals surface area (Å²) in [6.07, 6.45) is 0.580. The second-order valence-corrected chi connectivity index (χ2v) is 4.63. The highest BCUT2D eigenvalue weighted by Gasteiger charge is 2.00. The van der Waals surface area contributed by atoms with E-state index in [2.05, 4.69) is 15.9 Å². The van der Waals surface area contributed by atoms with E-state index in [0.717, 1.165) is 20.8 Å². The number of hydrogen-bond acceptors (Lipinski definition) is 2. The van der Waals surface area contributed by atoms with Crippen LogP contribution in [0.4, 0.5) is 10.1 Å². The van der Waals surface area contributed by atoms with E-state index in [-0.39, 0.29) is 6.67 Å². The monoisotopic (exact) mass is 263 g/mol. The highest BCUT2D eigenvalue weighted by Crippen LogP contribution is 2.28. The molecule has 72 valence electrons. The molecule has 0 heterocycles. The third kappa shape index (κ3) is 3.56. The van der Waals surface area contributed by atoms with Crippen molar-refractivity contribution >= 4 is 33.4 Å². The van der Waals surface area contributed by atoms with Crippen molar-refractivity contribution < 1.29 is 4.39 Å². The quantitative estimate of drug-likeness (QED) is 0.512. The van der Waals surface area contributed by atoms with E-state index in [1.165, 1.54) is 0 Å². The molecule has 0 aromatic heterocycles. The number of rotatable bonds is 4. The molecule has 13 heavy (non-hydrogen) atoms. The predicted molar refractivity (Wildman–Crippen MR) is 59.9 cm³/mol. The standard InChI is InChI=1S/C9H11BrFNS/c10-7-2-3-8(12)9(6-7)13-5-1-4-11/h2-3,6H,1,4-5,12H2. The highest BCUT2D eigenvalue weighted by atomic mass is 79.9. The number of anilines is 1. The summed E-state index contributed by atoms with van der Waals surface area (Å²) in [5.41, 5.74) is 6.49. The zero-order valence-corrected chi connectivity index (χ0v) is 9.50. The van der Waals surface area contributed by atoms with Gasteiger partial charge in [0.25, 0.3) is 0 Å². The molecule has 2 N–H and O–H groups in total. The van der Waals surface area contributed by atoms with Crippen LogP contribution in [0.1, 0.15) is 6.42 Å². The van der Waals surface area contributed by atoms with E-state index in [4.69, 9.17) is 5.73 Å². The lowest BCUT2D eigenvalue weighted by Gasteiger charge is -2.04. The Morgan fingerprint density at radius 2 is 2.23 bits per heavy atom. The van der Waals surface area contributed by atoms with Crippen molar-refractivity contribution in [1.82, 2.24) is 0 Å². The van der Waals surface area contributed by atoms with Gasteiger partial charge in [0, 0.05) is 20.8 Å². The first-order valence-electron chi connectivity index (χ1n) is 3.98. The van der Waals surface area contributed by atoms with Crippen LogP contribution in [0.3, 0.4) is 0 Å². The molecule has 0 fully saturated rings. The maximum absolute atomic E-state index is 11.8. The smallest absolute Gasteiger partial charge is 0.0902 e. The number of thioether (sulfide) groups is 1. The third-order valence-corrected chi connectivity index (χ3v) is 3.16. The number of nitrogen functional groups attached to an aromatic ring is 1.